The smallest absolute Gasteiger partial charge is 0.256 e. The fraction of sp³-hybridized carbons (Fsp3) is 0.364. The SMILES string of the molecule is CSc1ccccc1C(=O)Nc1ccc2c(c1)CCC(=O)N2CCC(C)C. The van der Waals surface area contributed by atoms with Crippen LogP contribution in [0.3, 0.4) is 0 Å². The summed E-state index contributed by atoms with van der Waals surface area (Å²) in [6, 6.07) is 13.5. The Bertz CT molecular complexity index is 848. The van der Waals surface area contributed by atoms with Crippen molar-refractivity contribution < 1.29 is 9.59 Å². The van der Waals surface area contributed by atoms with Gasteiger partial charge in [0.1, 0.15) is 0 Å². The van der Waals surface area contributed by atoms with Crippen LogP contribution in [0, 0.1) is 5.92 Å². The van der Waals surface area contributed by atoms with E-state index in [4.69, 9.17) is 0 Å². The topological polar surface area (TPSA) is 49.4 Å². The Morgan fingerprint density at radius 3 is 2.70 bits per heavy atom. The number of hydrogen-bond acceptors (Lipinski definition) is 3. The summed E-state index contributed by atoms with van der Waals surface area (Å²) in [6.07, 6.45) is 4.19. The van der Waals surface area contributed by atoms with E-state index < -0.39 is 0 Å². The van der Waals surface area contributed by atoms with Gasteiger partial charge in [0, 0.05) is 29.2 Å². The molecule has 0 aromatic heterocycles. The third kappa shape index (κ3) is 4.53. The molecule has 2 aromatic rings. The highest BCUT2D eigenvalue weighted by molar-refractivity contribution is 7.98. The average molecular weight is 383 g/mol. The summed E-state index contributed by atoms with van der Waals surface area (Å²) in [5.41, 5.74) is 3.55. The quantitative estimate of drug-likeness (QED) is 0.716. The summed E-state index contributed by atoms with van der Waals surface area (Å²) >= 11 is 1.56. The number of carbonyl (C=O) groups is 2. The molecule has 0 fully saturated rings. The molecule has 0 spiro atoms. The zero-order valence-electron chi connectivity index (χ0n) is 16.1. The molecule has 1 heterocycles. The minimum atomic E-state index is -0.108. The maximum absolute atomic E-state index is 12.7. The number of aryl methyl sites for hydroxylation is 1. The Balaban J connectivity index is 1.79. The zero-order valence-corrected chi connectivity index (χ0v) is 16.9. The second kappa shape index (κ2) is 8.61. The van der Waals surface area contributed by atoms with Crippen LogP contribution in [-0.2, 0) is 11.2 Å². The van der Waals surface area contributed by atoms with Gasteiger partial charge in [-0.25, -0.2) is 0 Å². The van der Waals surface area contributed by atoms with E-state index in [1.165, 1.54) is 0 Å². The summed E-state index contributed by atoms with van der Waals surface area (Å²) in [5, 5.41) is 3.00. The molecule has 27 heavy (non-hydrogen) atoms. The normalized spacial score (nSPS) is 13.6. The van der Waals surface area contributed by atoms with Gasteiger partial charge in [0.05, 0.1) is 5.56 Å². The molecule has 5 heteroatoms. The maximum Gasteiger partial charge on any atom is 0.256 e. The van der Waals surface area contributed by atoms with Gasteiger partial charge >= 0.3 is 0 Å². The Hall–Kier alpha value is -2.27. The van der Waals surface area contributed by atoms with Crippen molar-refractivity contribution in [3.8, 4) is 0 Å². The fourth-order valence-electron chi connectivity index (χ4n) is 3.30. The Kier molecular flexibility index (Phi) is 6.22. The van der Waals surface area contributed by atoms with Gasteiger partial charge in [0.25, 0.3) is 5.91 Å². The van der Waals surface area contributed by atoms with Crippen molar-refractivity contribution >= 4 is 35.0 Å². The maximum atomic E-state index is 12.7. The predicted octanol–water partition coefficient (Wildman–Crippen LogP) is 4.99. The van der Waals surface area contributed by atoms with E-state index >= 15 is 0 Å². The summed E-state index contributed by atoms with van der Waals surface area (Å²) in [7, 11) is 0. The first-order valence-electron chi connectivity index (χ1n) is 9.37. The lowest BCUT2D eigenvalue weighted by Gasteiger charge is -2.30. The number of thioether (sulfide) groups is 1. The van der Waals surface area contributed by atoms with Gasteiger partial charge in [0.15, 0.2) is 0 Å². The van der Waals surface area contributed by atoms with Crippen molar-refractivity contribution in [2.45, 2.75) is 38.0 Å². The monoisotopic (exact) mass is 382 g/mol. The van der Waals surface area contributed by atoms with Crippen molar-refractivity contribution in [2.75, 3.05) is 23.0 Å². The van der Waals surface area contributed by atoms with E-state index in [2.05, 4.69) is 19.2 Å². The molecule has 0 unspecified atom stereocenters. The molecule has 0 saturated carbocycles. The largest absolute Gasteiger partial charge is 0.322 e. The molecule has 3 rings (SSSR count). The molecular weight excluding hydrogens is 356 g/mol. The van der Waals surface area contributed by atoms with Crippen LogP contribution < -0.4 is 10.2 Å². The first kappa shape index (κ1) is 19.5. The summed E-state index contributed by atoms with van der Waals surface area (Å²) in [6.45, 7) is 5.08. The Morgan fingerprint density at radius 1 is 1.19 bits per heavy atom. The van der Waals surface area contributed by atoms with Crippen molar-refractivity contribution in [1.82, 2.24) is 0 Å². The lowest BCUT2D eigenvalue weighted by molar-refractivity contribution is -0.118. The number of amides is 2. The molecule has 1 N–H and O–H groups in total. The van der Waals surface area contributed by atoms with Gasteiger partial charge in [0.2, 0.25) is 5.91 Å². The average Bonchev–Trinajstić information content (AvgIpc) is 2.67. The number of anilines is 2. The second-order valence-electron chi connectivity index (χ2n) is 7.23. The van der Waals surface area contributed by atoms with E-state index in [0.717, 1.165) is 41.2 Å². The van der Waals surface area contributed by atoms with Crippen molar-refractivity contribution in [1.29, 1.82) is 0 Å². The number of hydrogen-bond donors (Lipinski definition) is 1. The van der Waals surface area contributed by atoms with E-state index in [9.17, 15) is 9.59 Å². The third-order valence-electron chi connectivity index (χ3n) is 4.82. The molecule has 0 radical (unpaired) electrons. The van der Waals surface area contributed by atoms with Gasteiger partial charge in [-0.3, -0.25) is 9.59 Å². The van der Waals surface area contributed by atoms with Crippen molar-refractivity contribution in [3.05, 3.63) is 53.6 Å². The summed E-state index contributed by atoms with van der Waals surface area (Å²) in [5.74, 6) is 0.635. The molecule has 142 valence electrons. The van der Waals surface area contributed by atoms with Crippen LogP contribution >= 0.6 is 11.8 Å². The number of nitrogens with zero attached hydrogens (tertiary/aromatic N) is 1. The van der Waals surface area contributed by atoms with E-state index in [1.54, 1.807) is 11.8 Å². The molecule has 0 bridgehead atoms. The lowest BCUT2D eigenvalue weighted by Crippen LogP contribution is -2.36. The highest BCUT2D eigenvalue weighted by Gasteiger charge is 2.24. The van der Waals surface area contributed by atoms with Crippen molar-refractivity contribution in [3.63, 3.8) is 0 Å². The molecule has 2 aromatic carbocycles. The second-order valence-corrected chi connectivity index (χ2v) is 8.07. The molecule has 1 aliphatic rings. The summed E-state index contributed by atoms with van der Waals surface area (Å²) < 4.78 is 0. The third-order valence-corrected chi connectivity index (χ3v) is 5.61. The number of carbonyl (C=O) groups excluding carboxylic acids is 2. The van der Waals surface area contributed by atoms with Gasteiger partial charge in [-0.05, 0) is 60.9 Å². The van der Waals surface area contributed by atoms with Crippen LogP contribution in [0.25, 0.3) is 0 Å². The van der Waals surface area contributed by atoms with Gasteiger partial charge in [-0.1, -0.05) is 26.0 Å². The minimum Gasteiger partial charge on any atom is -0.322 e. The lowest BCUT2D eigenvalue weighted by atomic mass is 9.99. The molecule has 2 amide bonds. The minimum absolute atomic E-state index is 0.108. The molecule has 0 aliphatic carbocycles. The molecule has 1 aliphatic heterocycles. The highest BCUT2D eigenvalue weighted by atomic mass is 32.2. The zero-order chi connectivity index (χ0) is 19.4. The summed E-state index contributed by atoms with van der Waals surface area (Å²) in [4.78, 5) is 27.9. The van der Waals surface area contributed by atoms with Crippen LogP contribution in [-0.4, -0.2) is 24.6 Å². The van der Waals surface area contributed by atoms with E-state index in [1.807, 2.05) is 53.6 Å². The number of rotatable bonds is 6. The van der Waals surface area contributed by atoms with E-state index in [-0.39, 0.29) is 11.8 Å². The van der Waals surface area contributed by atoms with Crippen LogP contribution in [0.4, 0.5) is 11.4 Å². The van der Waals surface area contributed by atoms with Crippen LogP contribution in [0.5, 0.6) is 0 Å². The van der Waals surface area contributed by atoms with Gasteiger partial charge < -0.3 is 10.2 Å². The number of fused-ring (bicyclic) bond motifs is 1. The Labute approximate surface area is 165 Å². The van der Waals surface area contributed by atoms with Crippen molar-refractivity contribution in [2.24, 2.45) is 5.92 Å². The Morgan fingerprint density at radius 2 is 1.96 bits per heavy atom. The molecular formula is C22H26N2O2S. The predicted molar refractivity (Wildman–Crippen MR) is 113 cm³/mol. The molecule has 4 nitrogen and oxygen atoms in total. The fourth-order valence-corrected chi connectivity index (χ4v) is 3.90. The standard InChI is InChI=1S/C22H26N2O2S/c1-15(2)12-13-24-19-10-9-17(14-16(19)8-11-21(24)25)23-22(26)18-6-4-5-7-20(18)27-3/h4-7,9-10,14-15H,8,11-13H2,1-3H3,(H,23,26). The molecule has 0 saturated heterocycles. The number of benzene rings is 2. The first-order valence-corrected chi connectivity index (χ1v) is 10.6. The van der Waals surface area contributed by atoms with E-state index in [0.29, 0.717) is 17.9 Å². The van der Waals surface area contributed by atoms with Crippen LogP contribution in [0.15, 0.2) is 47.4 Å². The van der Waals surface area contributed by atoms with Crippen LogP contribution in [0.1, 0.15) is 42.6 Å². The first-order chi connectivity index (χ1) is 13.0. The van der Waals surface area contributed by atoms with Crippen LogP contribution in [0.2, 0.25) is 0 Å². The molecule has 0 atom stereocenters. The number of nitrogens with one attached hydrogen (secondary N) is 1. The van der Waals surface area contributed by atoms with Gasteiger partial charge in [-0.15, -0.1) is 11.8 Å². The highest BCUT2D eigenvalue weighted by Crippen LogP contribution is 2.31. The van der Waals surface area contributed by atoms with Gasteiger partial charge in [-0.2, -0.15) is 0 Å².